The molecule has 0 amide bonds. The number of aryl methyl sites for hydroxylation is 1. The normalized spacial score (nSPS) is 11.0. The Morgan fingerprint density at radius 3 is 2.86 bits per heavy atom. The minimum Gasteiger partial charge on any atom is -0.348 e. The zero-order chi connectivity index (χ0) is 14.7. The number of H-pyrrole nitrogens is 1. The maximum absolute atomic E-state index is 4.49. The van der Waals surface area contributed by atoms with Gasteiger partial charge < -0.3 is 4.98 Å². The van der Waals surface area contributed by atoms with Gasteiger partial charge in [-0.1, -0.05) is 19.1 Å². The van der Waals surface area contributed by atoms with E-state index in [1.165, 1.54) is 4.90 Å². The van der Waals surface area contributed by atoms with Crippen molar-refractivity contribution in [2.24, 2.45) is 0 Å². The van der Waals surface area contributed by atoms with Crippen LogP contribution in [0.15, 0.2) is 47.9 Å². The van der Waals surface area contributed by atoms with Crippen molar-refractivity contribution in [3.05, 3.63) is 48.7 Å². The Morgan fingerprint density at radius 2 is 2.10 bits per heavy atom. The molecule has 0 aliphatic heterocycles. The Morgan fingerprint density at radius 1 is 1.24 bits per heavy atom. The zero-order valence-electron chi connectivity index (χ0n) is 12.2. The number of para-hydroxylation sites is 1. The van der Waals surface area contributed by atoms with Crippen LogP contribution in [0, 0.1) is 6.92 Å². The largest absolute Gasteiger partial charge is 0.348 e. The van der Waals surface area contributed by atoms with Gasteiger partial charge in [0.2, 0.25) is 0 Å². The van der Waals surface area contributed by atoms with Gasteiger partial charge in [-0.2, -0.15) is 0 Å². The lowest BCUT2D eigenvalue weighted by Crippen LogP contribution is -1.99. The van der Waals surface area contributed by atoms with Gasteiger partial charge in [0.05, 0.1) is 12.0 Å². The summed E-state index contributed by atoms with van der Waals surface area (Å²) in [6, 6.07) is 8.44. The molecule has 2 heterocycles. The molecular weight excluding hydrogens is 280 g/mol. The molecule has 4 nitrogen and oxygen atoms in total. The van der Waals surface area contributed by atoms with Crippen LogP contribution < -0.4 is 0 Å². The molecule has 0 unspecified atom stereocenters. The van der Waals surface area contributed by atoms with Crippen LogP contribution >= 0.6 is 11.8 Å². The van der Waals surface area contributed by atoms with Crippen LogP contribution in [0.3, 0.4) is 0 Å². The Labute approximate surface area is 128 Å². The van der Waals surface area contributed by atoms with Crippen LogP contribution in [0.2, 0.25) is 0 Å². The molecule has 3 aromatic rings. The van der Waals surface area contributed by atoms with E-state index in [9.17, 15) is 0 Å². The number of benzene rings is 1. The molecule has 0 aliphatic carbocycles. The molecule has 0 aliphatic rings. The van der Waals surface area contributed by atoms with Gasteiger partial charge in [0.1, 0.15) is 5.69 Å². The van der Waals surface area contributed by atoms with E-state index >= 15 is 0 Å². The Hall–Kier alpha value is -2.01. The third-order valence-electron chi connectivity index (χ3n) is 3.27. The molecule has 0 atom stereocenters. The number of aromatic amines is 1. The van der Waals surface area contributed by atoms with Gasteiger partial charge >= 0.3 is 0 Å². The number of imidazole rings is 2. The monoisotopic (exact) mass is 298 g/mol. The third-order valence-corrected chi connectivity index (χ3v) is 4.54. The van der Waals surface area contributed by atoms with Crippen molar-refractivity contribution in [3.63, 3.8) is 0 Å². The molecule has 5 heteroatoms. The fraction of sp³-hybridized carbons (Fsp3) is 0.250. The van der Waals surface area contributed by atoms with E-state index < -0.39 is 0 Å². The summed E-state index contributed by atoms with van der Waals surface area (Å²) in [6.45, 7) is 4.21. The van der Waals surface area contributed by atoms with Crippen molar-refractivity contribution < 1.29 is 0 Å². The van der Waals surface area contributed by atoms with Crippen LogP contribution in [0.5, 0.6) is 0 Å². The molecule has 21 heavy (non-hydrogen) atoms. The SMILES string of the molecule is CCCSc1ccccc1-n1ccnc1-c1nc[nH]c1C. The second-order valence-electron chi connectivity index (χ2n) is 4.81. The van der Waals surface area contributed by atoms with Gasteiger partial charge in [0.25, 0.3) is 0 Å². The van der Waals surface area contributed by atoms with E-state index in [1.54, 1.807) is 6.33 Å². The highest BCUT2D eigenvalue weighted by Gasteiger charge is 2.14. The van der Waals surface area contributed by atoms with Gasteiger partial charge in [-0.3, -0.25) is 4.57 Å². The fourth-order valence-electron chi connectivity index (χ4n) is 2.25. The summed E-state index contributed by atoms with van der Waals surface area (Å²) in [4.78, 5) is 13.3. The lowest BCUT2D eigenvalue weighted by Gasteiger charge is -2.12. The highest BCUT2D eigenvalue weighted by Crippen LogP contribution is 2.29. The van der Waals surface area contributed by atoms with Crippen molar-refractivity contribution >= 4 is 11.8 Å². The third kappa shape index (κ3) is 2.74. The second-order valence-corrected chi connectivity index (χ2v) is 5.95. The minimum absolute atomic E-state index is 0.873. The molecule has 0 radical (unpaired) electrons. The first kappa shape index (κ1) is 13.9. The summed E-state index contributed by atoms with van der Waals surface area (Å²) < 4.78 is 2.11. The number of thioether (sulfide) groups is 1. The van der Waals surface area contributed by atoms with E-state index in [0.717, 1.165) is 35.1 Å². The van der Waals surface area contributed by atoms with Crippen LogP contribution in [0.4, 0.5) is 0 Å². The quantitative estimate of drug-likeness (QED) is 0.722. The predicted molar refractivity (Wildman–Crippen MR) is 86.9 cm³/mol. The number of aromatic nitrogens is 4. The van der Waals surface area contributed by atoms with Crippen molar-refractivity contribution in [1.82, 2.24) is 19.5 Å². The van der Waals surface area contributed by atoms with E-state index in [0.29, 0.717) is 0 Å². The van der Waals surface area contributed by atoms with Crippen molar-refractivity contribution in [2.75, 3.05) is 5.75 Å². The van der Waals surface area contributed by atoms with E-state index in [4.69, 9.17) is 0 Å². The Bertz CT molecular complexity index is 729. The van der Waals surface area contributed by atoms with E-state index in [-0.39, 0.29) is 0 Å². The average Bonchev–Trinajstić information content (AvgIpc) is 3.13. The summed E-state index contributed by atoms with van der Waals surface area (Å²) in [5.41, 5.74) is 3.09. The maximum Gasteiger partial charge on any atom is 0.165 e. The van der Waals surface area contributed by atoms with E-state index in [2.05, 4.69) is 50.7 Å². The lowest BCUT2D eigenvalue weighted by molar-refractivity contribution is 1.02. The Balaban J connectivity index is 2.07. The maximum atomic E-state index is 4.49. The molecule has 1 aromatic carbocycles. The number of hydrogen-bond acceptors (Lipinski definition) is 3. The van der Waals surface area contributed by atoms with Crippen molar-refractivity contribution in [2.45, 2.75) is 25.2 Å². The molecule has 0 bridgehead atoms. The van der Waals surface area contributed by atoms with Gasteiger partial charge in [0, 0.05) is 23.0 Å². The molecule has 3 rings (SSSR count). The number of nitrogens with zero attached hydrogens (tertiary/aromatic N) is 3. The van der Waals surface area contributed by atoms with Gasteiger partial charge in [0.15, 0.2) is 5.82 Å². The first-order valence-electron chi connectivity index (χ1n) is 7.07. The van der Waals surface area contributed by atoms with Crippen molar-refractivity contribution in [1.29, 1.82) is 0 Å². The molecule has 108 valence electrons. The standard InChI is InChI=1S/C16H18N4S/c1-3-10-21-14-7-5-4-6-13(14)20-9-8-17-16(20)15-12(2)18-11-19-15/h4-9,11H,3,10H2,1-2H3,(H,18,19). The topological polar surface area (TPSA) is 46.5 Å². The lowest BCUT2D eigenvalue weighted by atomic mass is 10.3. The Kier molecular flexibility index (Phi) is 4.10. The van der Waals surface area contributed by atoms with Gasteiger partial charge in [-0.25, -0.2) is 9.97 Å². The summed E-state index contributed by atoms with van der Waals surface area (Å²) >= 11 is 1.88. The first-order chi connectivity index (χ1) is 10.3. The number of hydrogen-bond donors (Lipinski definition) is 1. The van der Waals surface area contributed by atoms with Gasteiger partial charge in [-0.05, 0) is 31.2 Å². The highest BCUT2D eigenvalue weighted by molar-refractivity contribution is 7.99. The average molecular weight is 298 g/mol. The highest BCUT2D eigenvalue weighted by atomic mass is 32.2. The fourth-order valence-corrected chi connectivity index (χ4v) is 3.16. The minimum atomic E-state index is 0.873. The molecule has 0 fully saturated rings. The second kappa shape index (κ2) is 6.18. The van der Waals surface area contributed by atoms with Crippen LogP contribution in [0.25, 0.3) is 17.2 Å². The molecule has 0 saturated heterocycles. The number of nitrogens with one attached hydrogen (secondary N) is 1. The molecule has 0 spiro atoms. The predicted octanol–water partition coefficient (Wildman–Crippen LogP) is 4.07. The summed E-state index contributed by atoms with van der Waals surface area (Å²) in [5, 5.41) is 0. The molecule has 1 N–H and O–H groups in total. The van der Waals surface area contributed by atoms with Crippen LogP contribution in [0.1, 0.15) is 19.0 Å². The summed E-state index contributed by atoms with van der Waals surface area (Å²) in [5.74, 6) is 1.99. The van der Waals surface area contributed by atoms with Gasteiger partial charge in [-0.15, -0.1) is 11.8 Å². The smallest absolute Gasteiger partial charge is 0.165 e. The van der Waals surface area contributed by atoms with Crippen LogP contribution in [-0.2, 0) is 0 Å². The molecule has 0 saturated carbocycles. The zero-order valence-corrected chi connectivity index (χ0v) is 13.0. The summed E-state index contributed by atoms with van der Waals surface area (Å²) in [7, 11) is 0. The molecule has 2 aromatic heterocycles. The summed E-state index contributed by atoms with van der Waals surface area (Å²) in [6.07, 6.45) is 6.69. The van der Waals surface area contributed by atoms with Crippen molar-refractivity contribution in [3.8, 4) is 17.2 Å². The first-order valence-corrected chi connectivity index (χ1v) is 8.05. The number of rotatable bonds is 5. The molecular formula is C16H18N4S. The van der Waals surface area contributed by atoms with Crippen LogP contribution in [-0.4, -0.2) is 25.3 Å². The van der Waals surface area contributed by atoms with E-state index in [1.807, 2.05) is 31.1 Å².